The first-order valence-electron chi connectivity index (χ1n) is 7.56. The van der Waals surface area contributed by atoms with E-state index in [1.54, 1.807) is 18.2 Å². The Labute approximate surface area is 157 Å². The highest BCUT2D eigenvalue weighted by Crippen LogP contribution is 2.31. The number of hydrogen-bond donors (Lipinski definition) is 1. The third-order valence-corrected chi connectivity index (χ3v) is 6.94. The van der Waals surface area contributed by atoms with Gasteiger partial charge in [0.15, 0.2) is 0 Å². The van der Waals surface area contributed by atoms with Crippen molar-refractivity contribution in [2.24, 2.45) is 0 Å². The van der Waals surface area contributed by atoms with Crippen molar-refractivity contribution in [2.75, 3.05) is 5.32 Å². The van der Waals surface area contributed by atoms with Crippen LogP contribution in [0.1, 0.15) is 15.2 Å². The molecule has 0 spiro atoms. The summed E-state index contributed by atoms with van der Waals surface area (Å²) >= 11 is 0.789. The first kappa shape index (κ1) is 19.1. The van der Waals surface area contributed by atoms with Crippen molar-refractivity contribution in [3.63, 3.8) is 0 Å². The molecule has 0 bridgehead atoms. The van der Waals surface area contributed by atoms with Gasteiger partial charge in [-0.2, -0.15) is 13.2 Å². The molecule has 0 unspecified atom stereocenters. The second kappa shape index (κ2) is 7.16. The van der Waals surface area contributed by atoms with Gasteiger partial charge in [-0.05, 0) is 48.5 Å². The maximum atomic E-state index is 12.6. The highest BCUT2D eigenvalue weighted by molar-refractivity contribution is 7.93. The van der Waals surface area contributed by atoms with E-state index in [-0.39, 0.29) is 19.7 Å². The van der Waals surface area contributed by atoms with Gasteiger partial charge in [0.25, 0.3) is 5.91 Å². The molecule has 4 nitrogen and oxygen atoms in total. The molecule has 0 fully saturated rings. The van der Waals surface area contributed by atoms with Gasteiger partial charge in [0.05, 0.1) is 15.3 Å². The number of amides is 1. The van der Waals surface area contributed by atoms with E-state index in [0.717, 1.165) is 35.6 Å². The minimum Gasteiger partial charge on any atom is -0.321 e. The van der Waals surface area contributed by atoms with Crippen LogP contribution in [0.5, 0.6) is 0 Å². The van der Waals surface area contributed by atoms with Crippen molar-refractivity contribution in [1.29, 1.82) is 0 Å². The number of rotatable bonds is 4. The van der Waals surface area contributed by atoms with Gasteiger partial charge in [-0.3, -0.25) is 4.79 Å². The van der Waals surface area contributed by atoms with Gasteiger partial charge in [-0.25, -0.2) is 8.42 Å². The van der Waals surface area contributed by atoms with Crippen molar-refractivity contribution >= 4 is 32.8 Å². The summed E-state index contributed by atoms with van der Waals surface area (Å²) in [4.78, 5) is 12.5. The molecule has 1 amide bonds. The van der Waals surface area contributed by atoms with E-state index in [0.29, 0.717) is 0 Å². The molecule has 3 rings (SSSR count). The van der Waals surface area contributed by atoms with E-state index in [1.807, 2.05) is 0 Å². The molecule has 0 aliphatic carbocycles. The number of carbonyl (C=O) groups is 1. The number of halogens is 3. The lowest BCUT2D eigenvalue weighted by molar-refractivity contribution is -0.137. The molecular formula is C18H12F3NO3S2. The van der Waals surface area contributed by atoms with Crippen LogP contribution < -0.4 is 5.32 Å². The topological polar surface area (TPSA) is 63.2 Å². The summed E-state index contributed by atoms with van der Waals surface area (Å²) in [6, 6.07) is 14.5. The average Bonchev–Trinajstić information content (AvgIpc) is 3.13. The molecule has 2 aromatic carbocycles. The van der Waals surface area contributed by atoms with Crippen molar-refractivity contribution < 1.29 is 26.4 Å². The van der Waals surface area contributed by atoms with Crippen LogP contribution in [0.25, 0.3) is 0 Å². The maximum absolute atomic E-state index is 12.6. The Bertz CT molecular complexity index is 1060. The van der Waals surface area contributed by atoms with Crippen LogP contribution >= 0.6 is 11.3 Å². The standard InChI is InChI=1S/C18H12F3NO3S2/c19-18(20,21)12-6-8-13(9-7-12)22-17(23)15-10-11-16(26-15)27(24,25)14-4-2-1-3-5-14/h1-11H,(H,22,23). The van der Waals surface area contributed by atoms with E-state index >= 15 is 0 Å². The smallest absolute Gasteiger partial charge is 0.321 e. The molecule has 0 saturated heterocycles. The van der Waals surface area contributed by atoms with Gasteiger partial charge in [-0.1, -0.05) is 18.2 Å². The summed E-state index contributed by atoms with van der Waals surface area (Å²) in [5.41, 5.74) is -0.651. The minimum atomic E-state index is -4.46. The molecule has 0 atom stereocenters. The zero-order chi connectivity index (χ0) is 19.7. The fourth-order valence-electron chi connectivity index (χ4n) is 2.24. The zero-order valence-electron chi connectivity index (χ0n) is 13.5. The molecule has 0 radical (unpaired) electrons. The highest BCUT2D eigenvalue weighted by atomic mass is 32.2. The summed E-state index contributed by atoms with van der Waals surface area (Å²) in [6.45, 7) is 0. The summed E-state index contributed by atoms with van der Waals surface area (Å²) < 4.78 is 62.7. The lowest BCUT2D eigenvalue weighted by Crippen LogP contribution is -2.11. The molecule has 9 heteroatoms. The molecule has 27 heavy (non-hydrogen) atoms. The molecule has 1 N–H and O–H groups in total. The van der Waals surface area contributed by atoms with E-state index in [9.17, 15) is 26.4 Å². The van der Waals surface area contributed by atoms with E-state index in [4.69, 9.17) is 0 Å². The number of benzene rings is 2. The number of thiophene rings is 1. The quantitative estimate of drug-likeness (QED) is 0.667. The second-order valence-corrected chi connectivity index (χ2v) is 8.72. The predicted molar refractivity (Wildman–Crippen MR) is 95.6 cm³/mol. The number of alkyl halides is 3. The Morgan fingerprint density at radius 1 is 0.889 bits per heavy atom. The molecule has 0 saturated carbocycles. The first-order chi connectivity index (χ1) is 12.7. The van der Waals surface area contributed by atoms with Crippen LogP contribution in [0.3, 0.4) is 0 Å². The van der Waals surface area contributed by atoms with E-state index < -0.39 is 27.5 Å². The normalized spacial score (nSPS) is 12.0. The van der Waals surface area contributed by atoms with Gasteiger partial charge in [0, 0.05) is 5.69 Å². The molecular weight excluding hydrogens is 399 g/mol. The molecule has 1 aromatic heterocycles. The molecule has 0 aliphatic rings. The number of hydrogen-bond acceptors (Lipinski definition) is 4. The van der Waals surface area contributed by atoms with Crippen LogP contribution in [0, 0.1) is 0 Å². The van der Waals surface area contributed by atoms with Crippen LogP contribution in [0.15, 0.2) is 75.8 Å². The minimum absolute atomic E-state index is 0.00580. The lowest BCUT2D eigenvalue weighted by Gasteiger charge is -2.08. The van der Waals surface area contributed by atoms with Crippen LogP contribution in [-0.4, -0.2) is 14.3 Å². The first-order valence-corrected chi connectivity index (χ1v) is 9.86. The average molecular weight is 411 g/mol. The Morgan fingerprint density at radius 2 is 1.52 bits per heavy atom. The number of sulfone groups is 1. The van der Waals surface area contributed by atoms with Crippen molar-refractivity contribution in [3.8, 4) is 0 Å². The van der Waals surface area contributed by atoms with Gasteiger partial charge in [0.1, 0.15) is 4.21 Å². The number of nitrogens with one attached hydrogen (secondary N) is 1. The zero-order valence-corrected chi connectivity index (χ0v) is 15.2. The van der Waals surface area contributed by atoms with Crippen LogP contribution in [0.2, 0.25) is 0 Å². The Hall–Kier alpha value is -2.65. The lowest BCUT2D eigenvalue weighted by atomic mass is 10.2. The van der Waals surface area contributed by atoms with E-state index in [1.165, 1.54) is 24.3 Å². The summed E-state index contributed by atoms with van der Waals surface area (Å²) in [6.07, 6.45) is -4.46. The summed E-state index contributed by atoms with van der Waals surface area (Å²) in [5.74, 6) is -0.603. The largest absolute Gasteiger partial charge is 0.416 e. The van der Waals surface area contributed by atoms with Gasteiger partial charge >= 0.3 is 6.18 Å². The second-order valence-electron chi connectivity index (χ2n) is 5.46. The van der Waals surface area contributed by atoms with Crippen molar-refractivity contribution in [3.05, 3.63) is 77.2 Å². The van der Waals surface area contributed by atoms with Gasteiger partial charge in [-0.15, -0.1) is 11.3 Å². The third kappa shape index (κ3) is 4.20. The Morgan fingerprint density at radius 3 is 2.11 bits per heavy atom. The van der Waals surface area contributed by atoms with Gasteiger partial charge < -0.3 is 5.32 Å². The molecule has 1 heterocycles. The maximum Gasteiger partial charge on any atom is 0.416 e. The molecule has 3 aromatic rings. The van der Waals surface area contributed by atoms with Crippen molar-refractivity contribution in [2.45, 2.75) is 15.3 Å². The molecule has 140 valence electrons. The fraction of sp³-hybridized carbons (Fsp3) is 0.0556. The Kier molecular flexibility index (Phi) is 5.07. The van der Waals surface area contributed by atoms with E-state index in [2.05, 4.69) is 5.32 Å². The fourth-order valence-corrected chi connectivity index (χ4v) is 4.86. The van der Waals surface area contributed by atoms with Crippen molar-refractivity contribution in [1.82, 2.24) is 0 Å². The SMILES string of the molecule is O=C(Nc1ccc(C(F)(F)F)cc1)c1ccc(S(=O)(=O)c2ccccc2)s1. The Balaban J connectivity index is 1.78. The van der Waals surface area contributed by atoms with Gasteiger partial charge in [0.2, 0.25) is 9.84 Å². The van der Waals surface area contributed by atoms with Crippen LogP contribution in [-0.2, 0) is 16.0 Å². The number of carbonyl (C=O) groups excluding carboxylic acids is 1. The number of anilines is 1. The highest BCUT2D eigenvalue weighted by Gasteiger charge is 2.30. The summed E-state index contributed by atoms with van der Waals surface area (Å²) in [7, 11) is -3.73. The predicted octanol–water partition coefficient (Wildman–Crippen LogP) is 4.85. The monoisotopic (exact) mass is 411 g/mol. The molecule has 0 aliphatic heterocycles. The van der Waals surface area contributed by atoms with Crippen LogP contribution in [0.4, 0.5) is 18.9 Å². The summed E-state index contributed by atoms with van der Waals surface area (Å²) in [5, 5.41) is 2.45. The third-order valence-electron chi connectivity index (χ3n) is 3.59.